The van der Waals surface area contributed by atoms with E-state index >= 15 is 0 Å². The summed E-state index contributed by atoms with van der Waals surface area (Å²) >= 11 is 0. The van der Waals surface area contributed by atoms with Gasteiger partial charge < -0.3 is 15.2 Å². The Bertz CT molecular complexity index is 949. The van der Waals surface area contributed by atoms with E-state index in [0.717, 1.165) is 17.7 Å². The van der Waals surface area contributed by atoms with Crippen molar-refractivity contribution in [2.75, 3.05) is 10.6 Å². The van der Waals surface area contributed by atoms with Gasteiger partial charge in [-0.1, -0.05) is 30.3 Å². The molecule has 0 saturated heterocycles. The van der Waals surface area contributed by atoms with Gasteiger partial charge in [0, 0.05) is 23.5 Å². The minimum Gasteiger partial charge on any atom is -0.360 e. The van der Waals surface area contributed by atoms with E-state index in [1.165, 1.54) is 18.3 Å². The van der Waals surface area contributed by atoms with Gasteiger partial charge in [0.15, 0.2) is 5.82 Å². The van der Waals surface area contributed by atoms with Gasteiger partial charge in [-0.2, -0.15) is 0 Å². The number of pyridine rings is 1. The number of aromatic nitrogens is 2. The molecule has 132 valence electrons. The highest BCUT2D eigenvalue weighted by Gasteiger charge is 2.14. The molecular formula is C19H18N4O3. The van der Waals surface area contributed by atoms with Crippen LogP contribution in [0.5, 0.6) is 0 Å². The van der Waals surface area contributed by atoms with Crippen molar-refractivity contribution in [3.63, 3.8) is 0 Å². The molecule has 0 aliphatic carbocycles. The van der Waals surface area contributed by atoms with Crippen LogP contribution in [0.25, 0.3) is 0 Å². The van der Waals surface area contributed by atoms with Gasteiger partial charge >= 0.3 is 0 Å². The Kier molecular flexibility index (Phi) is 5.07. The van der Waals surface area contributed by atoms with Crippen molar-refractivity contribution in [3.05, 3.63) is 71.2 Å². The molecule has 0 fully saturated rings. The molecule has 0 spiro atoms. The fourth-order valence-corrected chi connectivity index (χ4v) is 2.45. The first-order chi connectivity index (χ1) is 12.6. The van der Waals surface area contributed by atoms with Crippen molar-refractivity contribution in [1.29, 1.82) is 0 Å². The Labute approximate surface area is 150 Å². The highest BCUT2D eigenvalue weighted by atomic mass is 16.5. The largest absolute Gasteiger partial charge is 0.360 e. The number of rotatable bonds is 5. The number of nitrogens with one attached hydrogen (secondary N) is 2. The van der Waals surface area contributed by atoms with Gasteiger partial charge in [0.2, 0.25) is 0 Å². The monoisotopic (exact) mass is 350 g/mol. The van der Waals surface area contributed by atoms with E-state index in [4.69, 9.17) is 4.52 Å². The van der Waals surface area contributed by atoms with Crippen molar-refractivity contribution >= 4 is 23.3 Å². The molecule has 7 heteroatoms. The van der Waals surface area contributed by atoms with Crippen molar-refractivity contribution < 1.29 is 14.1 Å². The van der Waals surface area contributed by atoms with Crippen LogP contribution in [0, 0.1) is 6.92 Å². The third-order valence-corrected chi connectivity index (χ3v) is 3.77. The molecule has 3 aromatic rings. The summed E-state index contributed by atoms with van der Waals surface area (Å²) in [6.07, 6.45) is 2.22. The molecule has 2 aromatic heterocycles. The van der Waals surface area contributed by atoms with E-state index in [1.807, 2.05) is 31.2 Å². The summed E-state index contributed by atoms with van der Waals surface area (Å²) in [5.74, 6) is 0.124. The maximum Gasteiger partial charge on any atom is 0.274 e. The SMILES string of the molecule is CCc1ccccc1NC(=O)c1cc(C(=O)Nc2cc(C)on2)ccn1. The van der Waals surface area contributed by atoms with Gasteiger partial charge in [-0.25, -0.2) is 0 Å². The molecule has 2 N–H and O–H groups in total. The number of benzene rings is 1. The highest BCUT2D eigenvalue weighted by molar-refractivity contribution is 6.07. The molecule has 0 aliphatic heterocycles. The molecule has 0 aliphatic rings. The number of amides is 2. The molecule has 2 amide bonds. The van der Waals surface area contributed by atoms with Gasteiger partial charge in [0.25, 0.3) is 11.8 Å². The third kappa shape index (κ3) is 3.94. The van der Waals surface area contributed by atoms with E-state index in [1.54, 1.807) is 13.0 Å². The van der Waals surface area contributed by atoms with Crippen LogP contribution in [0.1, 0.15) is 39.1 Å². The van der Waals surface area contributed by atoms with Crippen LogP contribution in [-0.2, 0) is 6.42 Å². The van der Waals surface area contributed by atoms with Crippen LogP contribution in [0.4, 0.5) is 11.5 Å². The lowest BCUT2D eigenvalue weighted by atomic mass is 10.1. The zero-order valence-electron chi connectivity index (χ0n) is 14.4. The summed E-state index contributed by atoms with van der Waals surface area (Å²) in [6.45, 7) is 3.74. The maximum atomic E-state index is 12.5. The van der Waals surface area contributed by atoms with Gasteiger partial charge in [-0.3, -0.25) is 14.6 Å². The molecule has 1 aromatic carbocycles. The van der Waals surface area contributed by atoms with E-state index in [0.29, 0.717) is 17.1 Å². The predicted molar refractivity (Wildman–Crippen MR) is 97.2 cm³/mol. The Balaban J connectivity index is 1.75. The fraction of sp³-hybridized carbons (Fsp3) is 0.158. The normalized spacial score (nSPS) is 10.4. The number of aryl methyl sites for hydroxylation is 2. The maximum absolute atomic E-state index is 12.5. The summed E-state index contributed by atoms with van der Waals surface area (Å²) in [7, 11) is 0. The summed E-state index contributed by atoms with van der Waals surface area (Å²) < 4.78 is 4.91. The Hall–Kier alpha value is -3.48. The summed E-state index contributed by atoms with van der Waals surface area (Å²) in [4.78, 5) is 28.8. The van der Waals surface area contributed by atoms with Crippen molar-refractivity contribution in [2.45, 2.75) is 20.3 Å². The summed E-state index contributed by atoms with van der Waals surface area (Å²) in [5, 5.41) is 9.16. The fourth-order valence-electron chi connectivity index (χ4n) is 2.45. The Morgan fingerprint density at radius 3 is 2.62 bits per heavy atom. The molecule has 0 radical (unpaired) electrons. The quantitative estimate of drug-likeness (QED) is 0.734. The van der Waals surface area contributed by atoms with Gasteiger partial charge in [-0.05, 0) is 37.1 Å². The van der Waals surface area contributed by atoms with E-state index in [9.17, 15) is 9.59 Å². The third-order valence-electron chi connectivity index (χ3n) is 3.77. The number of hydrogen-bond donors (Lipinski definition) is 2. The first-order valence-corrected chi connectivity index (χ1v) is 8.17. The second kappa shape index (κ2) is 7.60. The van der Waals surface area contributed by atoms with Crippen LogP contribution >= 0.6 is 0 Å². The topological polar surface area (TPSA) is 97.1 Å². The first-order valence-electron chi connectivity index (χ1n) is 8.17. The molecule has 2 heterocycles. The second-order valence-electron chi connectivity index (χ2n) is 5.67. The number of anilines is 2. The van der Waals surface area contributed by atoms with Crippen LogP contribution < -0.4 is 10.6 Å². The lowest BCUT2D eigenvalue weighted by molar-refractivity contribution is 0.102. The number of nitrogens with zero attached hydrogens (tertiary/aromatic N) is 2. The molecule has 0 atom stereocenters. The average molecular weight is 350 g/mol. The molecule has 3 rings (SSSR count). The van der Waals surface area contributed by atoms with Crippen LogP contribution in [0.3, 0.4) is 0 Å². The molecule has 26 heavy (non-hydrogen) atoms. The number of para-hydroxylation sites is 1. The molecule has 0 unspecified atom stereocenters. The molecule has 0 saturated carbocycles. The molecular weight excluding hydrogens is 332 g/mol. The lowest BCUT2D eigenvalue weighted by Gasteiger charge is -2.09. The zero-order valence-corrected chi connectivity index (χ0v) is 14.4. The predicted octanol–water partition coefficient (Wildman–Crippen LogP) is 3.45. The lowest BCUT2D eigenvalue weighted by Crippen LogP contribution is -2.17. The first kappa shape index (κ1) is 17.3. The average Bonchev–Trinajstić information content (AvgIpc) is 3.07. The number of carbonyl (C=O) groups excluding carboxylic acids is 2. The summed E-state index contributed by atoms with van der Waals surface area (Å²) in [6, 6.07) is 12.1. The number of carbonyl (C=O) groups is 2. The van der Waals surface area contributed by atoms with Crippen molar-refractivity contribution in [1.82, 2.24) is 10.1 Å². The minimum atomic E-state index is -0.399. The standard InChI is InChI=1S/C19H18N4O3/c1-3-13-6-4-5-7-15(13)21-19(25)16-11-14(8-9-20-16)18(24)22-17-10-12(2)26-23-17/h4-11H,3H2,1-2H3,(H,21,25)(H,22,23,24). The van der Waals surface area contributed by atoms with Crippen LogP contribution in [0.2, 0.25) is 0 Å². The molecule has 7 nitrogen and oxygen atoms in total. The second-order valence-corrected chi connectivity index (χ2v) is 5.67. The van der Waals surface area contributed by atoms with E-state index < -0.39 is 5.91 Å². The number of hydrogen-bond acceptors (Lipinski definition) is 5. The summed E-state index contributed by atoms with van der Waals surface area (Å²) in [5.41, 5.74) is 2.21. The van der Waals surface area contributed by atoms with Gasteiger partial charge in [-0.15, -0.1) is 0 Å². The Morgan fingerprint density at radius 1 is 1.08 bits per heavy atom. The zero-order chi connectivity index (χ0) is 18.5. The van der Waals surface area contributed by atoms with Crippen LogP contribution in [0.15, 0.2) is 53.2 Å². The Morgan fingerprint density at radius 2 is 1.88 bits per heavy atom. The minimum absolute atomic E-state index is 0.153. The van der Waals surface area contributed by atoms with E-state index in [2.05, 4.69) is 20.8 Å². The van der Waals surface area contributed by atoms with E-state index in [-0.39, 0.29) is 11.6 Å². The van der Waals surface area contributed by atoms with Gasteiger partial charge in [0.05, 0.1) is 0 Å². The van der Waals surface area contributed by atoms with Crippen molar-refractivity contribution in [3.8, 4) is 0 Å². The molecule has 0 bridgehead atoms. The highest BCUT2D eigenvalue weighted by Crippen LogP contribution is 2.17. The van der Waals surface area contributed by atoms with Crippen molar-refractivity contribution in [2.24, 2.45) is 0 Å². The smallest absolute Gasteiger partial charge is 0.274 e. The van der Waals surface area contributed by atoms with Crippen LogP contribution in [-0.4, -0.2) is 22.0 Å². The van der Waals surface area contributed by atoms with Gasteiger partial charge in [0.1, 0.15) is 11.5 Å².